The lowest BCUT2D eigenvalue weighted by molar-refractivity contribution is -0.126. The number of nitrogens with zero attached hydrogens (tertiary/aromatic N) is 4. The van der Waals surface area contributed by atoms with Crippen molar-refractivity contribution in [1.29, 1.82) is 0 Å². The second-order valence-corrected chi connectivity index (χ2v) is 8.72. The number of amides is 1. The highest BCUT2D eigenvalue weighted by Gasteiger charge is 2.42. The molecule has 2 aliphatic rings. The van der Waals surface area contributed by atoms with Gasteiger partial charge in [-0.25, -0.2) is 4.98 Å². The van der Waals surface area contributed by atoms with Gasteiger partial charge in [-0.2, -0.15) is 0 Å². The van der Waals surface area contributed by atoms with Crippen LogP contribution in [0.4, 0.5) is 11.5 Å². The fourth-order valence-electron chi connectivity index (χ4n) is 5.01. The number of anilines is 2. The zero-order chi connectivity index (χ0) is 22.8. The highest BCUT2D eigenvalue weighted by molar-refractivity contribution is 5.83. The van der Waals surface area contributed by atoms with Gasteiger partial charge >= 0.3 is 0 Å². The van der Waals surface area contributed by atoms with Crippen LogP contribution in [0, 0.1) is 5.92 Å². The van der Waals surface area contributed by atoms with Crippen LogP contribution in [-0.2, 0) is 11.2 Å². The third kappa shape index (κ3) is 4.23. The monoisotopic (exact) mass is 443 g/mol. The highest BCUT2D eigenvalue weighted by atomic mass is 16.5. The summed E-state index contributed by atoms with van der Waals surface area (Å²) in [4.78, 5) is 27.0. The molecule has 0 radical (unpaired) electrons. The standard InChI is InChI=1S/C26H29N5O2/c1-18(19-6-4-3-5-7-19)29-26(32)22-14-20-8-9-21(33-2)15-23(20)31-13-12-30(17-24(22)31)25-16-27-10-11-28-25/h3-11,15-16,18,22,24H,12-14,17H2,1-2H3,(H,29,32)/t18-,22-,24-/m1/s1. The molecule has 2 aromatic carbocycles. The number of fused-ring (bicyclic) bond motifs is 3. The molecule has 0 spiro atoms. The quantitative estimate of drug-likeness (QED) is 0.653. The van der Waals surface area contributed by atoms with E-state index in [1.54, 1.807) is 25.7 Å². The molecular formula is C26H29N5O2. The summed E-state index contributed by atoms with van der Waals surface area (Å²) in [6.07, 6.45) is 5.89. The first-order valence-electron chi connectivity index (χ1n) is 11.4. The van der Waals surface area contributed by atoms with E-state index in [9.17, 15) is 4.79 Å². The molecule has 170 valence electrons. The third-order valence-corrected chi connectivity index (χ3v) is 6.79. The lowest BCUT2D eigenvalue weighted by Gasteiger charge is -2.49. The Balaban J connectivity index is 1.44. The lowest BCUT2D eigenvalue weighted by atomic mass is 9.83. The maximum absolute atomic E-state index is 13.6. The fraction of sp³-hybridized carbons (Fsp3) is 0.346. The predicted molar refractivity (Wildman–Crippen MR) is 129 cm³/mol. The van der Waals surface area contributed by atoms with E-state index in [0.717, 1.165) is 30.2 Å². The number of nitrogens with one attached hydrogen (secondary N) is 1. The Hall–Kier alpha value is -3.61. The van der Waals surface area contributed by atoms with Gasteiger partial charge in [0.15, 0.2) is 0 Å². The maximum Gasteiger partial charge on any atom is 0.226 e. The van der Waals surface area contributed by atoms with E-state index in [0.29, 0.717) is 13.0 Å². The number of benzene rings is 2. The van der Waals surface area contributed by atoms with Crippen molar-refractivity contribution in [2.75, 3.05) is 36.5 Å². The van der Waals surface area contributed by atoms with Crippen molar-refractivity contribution in [2.24, 2.45) is 5.92 Å². The normalized spacial score (nSPS) is 20.4. The molecule has 3 aromatic rings. The Bertz CT molecular complexity index is 1110. The Morgan fingerprint density at radius 3 is 2.76 bits per heavy atom. The van der Waals surface area contributed by atoms with Crippen LogP contribution in [0.5, 0.6) is 5.75 Å². The molecule has 1 fully saturated rings. The minimum absolute atomic E-state index is 0.0309. The van der Waals surface area contributed by atoms with E-state index in [2.05, 4.69) is 49.4 Å². The molecule has 0 saturated carbocycles. The molecule has 1 amide bonds. The second kappa shape index (κ2) is 9.10. The van der Waals surface area contributed by atoms with Crippen molar-refractivity contribution in [1.82, 2.24) is 15.3 Å². The summed E-state index contributed by atoms with van der Waals surface area (Å²) in [5.41, 5.74) is 3.46. The zero-order valence-corrected chi connectivity index (χ0v) is 19.0. The SMILES string of the molecule is COc1ccc2c(c1)N1CCN(c3cnccn3)C[C@@H]1[C@H](C(=O)N[C@H](C)c1ccccc1)C2. The van der Waals surface area contributed by atoms with Gasteiger partial charge in [0.1, 0.15) is 11.6 Å². The predicted octanol–water partition coefficient (Wildman–Crippen LogP) is 3.23. The maximum atomic E-state index is 13.6. The molecule has 33 heavy (non-hydrogen) atoms. The van der Waals surface area contributed by atoms with Crippen molar-refractivity contribution in [3.05, 3.63) is 78.2 Å². The van der Waals surface area contributed by atoms with Crippen LogP contribution in [0.15, 0.2) is 67.1 Å². The van der Waals surface area contributed by atoms with E-state index in [1.165, 1.54) is 11.3 Å². The first-order valence-corrected chi connectivity index (χ1v) is 11.4. The number of rotatable bonds is 5. The molecule has 0 unspecified atom stereocenters. The second-order valence-electron chi connectivity index (χ2n) is 8.72. The number of methoxy groups -OCH3 is 1. The van der Waals surface area contributed by atoms with Crippen LogP contribution in [0.25, 0.3) is 0 Å². The van der Waals surface area contributed by atoms with Gasteiger partial charge in [-0.15, -0.1) is 0 Å². The van der Waals surface area contributed by atoms with E-state index < -0.39 is 0 Å². The molecule has 7 heteroatoms. The molecule has 0 bridgehead atoms. The number of hydrogen-bond acceptors (Lipinski definition) is 6. The van der Waals surface area contributed by atoms with Gasteiger partial charge in [0.25, 0.3) is 0 Å². The van der Waals surface area contributed by atoms with Gasteiger partial charge in [-0.1, -0.05) is 36.4 Å². The van der Waals surface area contributed by atoms with Gasteiger partial charge in [0.05, 0.1) is 31.3 Å². The lowest BCUT2D eigenvalue weighted by Crippen LogP contribution is -2.61. The summed E-state index contributed by atoms with van der Waals surface area (Å²) in [6.45, 7) is 4.38. The number of aromatic nitrogens is 2. The first kappa shape index (κ1) is 21.2. The summed E-state index contributed by atoms with van der Waals surface area (Å²) in [5.74, 6) is 1.61. The Morgan fingerprint density at radius 2 is 2.00 bits per heavy atom. The number of ether oxygens (including phenoxy) is 1. The summed E-state index contributed by atoms with van der Waals surface area (Å²) < 4.78 is 5.49. The van der Waals surface area contributed by atoms with Gasteiger partial charge < -0.3 is 19.9 Å². The van der Waals surface area contributed by atoms with E-state index in [1.807, 2.05) is 31.2 Å². The molecule has 3 heterocycles. The smallest absolute Gasteiger partial charge is 0.226 e. The molecular weight excluding hydrogens is 414 g/mol. The summed E-state index contributed by atoms with van der Waals surface area (Å²) in [6, 6.07) is 16.3. The van der Waals surface area contributed by atoms with Crippen molar-refractivity contribution >= 4 is 17.4 Å². The molecule has 3 atom stereocenters. The first-order chi connectivity index (χ1) is 16.1. The van der Waals surface area contributed by atoms with Crippen LogP contribution in [-0.4, -0.2) is 48.7 Å². The van der Waals surface area contributed by atoms with Gasteiger partial charge in [-0.05, 0) is 30.5 Å². The average molecular weight is 444 g/mol. The van der Waals surface area contributed by atoms with Crippen molar-refractivity contribution in [3.63, 3.8) is 0 Å². The molecule has 7 nitrogen and oxygen atoms in total. The Labute approximate surface area is 194 Å². The highest BCUT2D eigenvalue weighted by Crippen LogP contribution is 2.39. The largest absolute Gasteiger partial charge is 0.497 e. The van der Waals surface area contributed by atoms with Crippen molar-refractivity contribution in [2.45, 2.75) is 25.4 Å². The minimum Gasteiger partial charge on any atom is -0.497 e. The van der Waals surface area contributed by atoms with Crippen LogP contribution >= 0.6 is 0 Å². The fourth-order valence-corrected chi connectivity index (χ4v) is 5.01. The number of carbonyl (C=O) groups is 1. The molecule has 5 rings (SSSR count). The number of carbonyl (C=O) groups excluding carboxylic acids is 1. The molecule has 1 aromatic heterocycles. The van der Waals surface area contributed by atoms with Crippen LogP contribution in [0.2, 0.25) is 0 Å². The van der Waals surface area contributed by atoms with E-state index in [-0.39, 0.29) is 23.9 Å². The molecule has 2 aliphatic heterocycles. The number of piperazine rings is 1. The Morgan fingerprint density at radius 1 is 1.15 bits per heavy atom. The molecule has 1 saturated heterocycles. The summed E-state index contributed by atoms with van der Waals surface area (Å²) in [7, 11) is 1.69. The van der Waals surface area contributed by atoms with Crippen molar-refractivity contribution in [3.8, 4) is 5.75 Å². The zero-order valence-electron chi connectivity index (χ0n) is 19.0. The van der Waals surface area contributed by atoms with Crippen molar-refractivity contribution < 1.29 is 9.53 Å². The number of hydrogen-bond donors (Lipinski definition) is 1. The van der Waals surface area contributed by atoms with Crippen LogP contribution in [0.3, 0.4) is 0 Å². The van der Waals surface area contributed by atoms with Gasteiger partial charge in [0, 0.05) is 43.8 Å². The average Bonchev–Trinajstić information content (AvgIpc) is 2.88. The Kier molecular flexibility index (Phi) is 5.86. The van der Waals surface area contributed by atoms with Gasteiger partial charge in [-0.3, -0.25) is 9.78 Å². The topological polar surface area (TPSA) is 70.6 Å². The molecule has 0 aliphatic carbocycles. The summed E-state index contributed by atoms with van der Waals surface area (Å²) >= 11 is 0. The summed E-state index contributed by atoms with van der Waals surface area (Å²) in [5, 5.41) is 3.27. The van der Waals surface area contributed by atoms with Gasteiger partial charge in [0.2, 0.25) is 5.91 Å². The van der Waals surface area contributed by atoms with Crippen LogP contribution < -0.4 is 19.9 Å². The van der Waals surface area contributed by atoms with E-state index in [4.69, 9.17) is 4.74 Å². The molecule has 1 N–H and O–H groups in total. The minimum atomic E-state index is -0.170. The van der Waals surface area contributed by atoms with Crippen LogP contribution in [0.1, 0.15) is 24.1 Å². The van der Waals surface area contributed by atoms with E-state index >= 15 is 0 Å². The third-order valence-electron chi connectivity index (χ3n) is 6.79.